The molecule has 0 spiro atoms. The number of ether oxygens (including phenoxy) is 2. The molecule has 0 heterocycles. The lowest BCUT2D eigenvalue weighted by molar-refractivity contribution is 0.0730. The maximum atomic E-state index is 12.6. The van der Waals surface area contributed by atoms with E-state index in [4.69, 9.17) is 9.47 Å². The molecule has 0 N–H and O–H groups in total. The van der Waals surface area contributed by atoms with Crippen LogP contribution in [0.15, 0.2) is 77.3 Å². The third kappa shape index (κ3) is 4.96. The zero-order chi connectivity index (χ0) is 18.4. The first-order chi connectivity index (χ1) is 12.6. The summed E-state index contributed by atoms with van der Waals surface area (Å²) in [7, 11) is 0. The number of carbonyl (C=O) groups excluding carboxylic acids is 1. The van der Waals surface area contributed by atoms with Gasteiger partial charge in [0.15, 0.2) is 0 Å². The minimum Gasteiger partial charge on any atom is -0.492 e. The van der Waals surface area contributed by atoms with Crippen molar-refractivity contribution in [3.63, 3.8) is 0 Å². The third-order valence-electron chi connectivity index (χ3n) is 3.88. The van der Waals surface area contributed by atoms with E-state index in [-0.39, 0.29) is 0 Å². The predicted molar refractivity (Wildman–Crippen MR) is 106 cm³/mol. The lowest BCUT2D eigenvalue weighted by Crippen LogP contribution is -2.12. The van der Waals surface area contributed by atoms with Crippen molar-refractivity contribution in [2.75, 3.05) is 6.61 Å². The Labute approximate surface area is 161 Å². The normalized spacial score (nSPS) is 10.4. The molecule has 3 nitrogen and oxygen atoms in total. The van der Waals surface area contributed by atoms with Crippen LogP contribution in [-0.2, 0) is 6.42 Å². The van der Waals surface area contributed by atoms with Gasteiger partial charge in [-0.2, -0.15) is 0 Å². The van der Waals surface area contributed by atoms with Crippen molar-refractivity contribution in [3.05, 3.63) is 94.0 Å². The first kappa shape index (κ1) is 18.2. The Hall–Kier alpha value is -2.59. The Bertz CT molecular complexity index is 874. The molecule has 0 aliphatic heterocycles. The molecule has 3 rings (SSSR count). The smallest absolute Gasteiger partial charge is 0.347 e. The van der Waals surface area contributed by atoms with E-state index < -0.39 is 5.97 Å². The van der Waals surface area contributed by atoms with Crippen molar-refractivity contribution >= 4 is 21.9 Å². The highest BCUT2D eigenvalue weighted by Crippen LogP contribution is 2.25. The number of hydrogen-bond acceptors (Lipinski definition) is 3. The van der Waals surface area contributed by atoms with Crippen molar-refractivity contribution in [1.82, 2.24) is 0 Å². The van der Waals surface area contributed by atoms with Gasteiger partial charge in [-0.3, -0.25) is 0 Å². The zero-order valence-corrected chi connectivity index (χ0v) is 16.0. The standard InChI is InChI=1S/C22H19BrO3/c1-16-7-10-19(11-8-16)26-22(24)20-15-18(23)9-12-21(20)25-14-13-17-5-3-2-4-6-17/h2-12,15H,13-14H2,1H3. The van der Waals surface area contributed by atoms with Gasteiger partial charge in [0.2, 0.25) is 0 Å². The Morgan fingerprint density at radius 3 is 2.42 bits per heavy atom. The van der Waals surface area contributed by atoms with Gasteiger partial charge in [0.05, 0.1) is 6.61 Å². The van der Waals surface area contributed by atoms with Crippen LogP contribution in [-0.4, -0.2) is 12.6 Å². The molecule has 3 aromatic carbocycles. The molecule has 0 aromatic heterocycles. The van der Waals surface area contributed by atoms with E-state index in [1.807, 2.05) is 43.3 Å². The molecule has 0 saturated heterocycles. The van der Waals surface area contributed by atoms with Gasteiger partial charge in [0.1, 0.15) is 17.1 Å². The fraction of sp³-hybridized carbons (Fsp3) is 0.136. The summed E-state index contributed by atoms with van der Waals surface area (Å²) in [5, 5.41) is 0. The summed E-state index contributed by atoms with van der Waals surface area (Å²) in [4.78, 5) is 12.6. The van der Waals surface area contributed by atoms with E-state index in [2.05, 4.69) is 28.1 Å². The molecule has 0 aliphatic carbocycles. The summed E-state index contributed by atoms with van der Waals surface area (Å²) < 4.78 is 12.1. The average Bonchev–Trinajstić information content (AvgIpc) is 2.65. The van der Waals surface area contributed by atoms with Crippen LogP contribution in [0.2, 0.25) is 0 Å². The maximum Gasteiger partial charge on any atom is 0.347 e. The third-order valence-corrected chi connectivity index (χ3v) is 4.38. The van der Waals surface area contributed by atoms with Crippen molar-refractivity contribution in [2.24, 2.45) is 0 Å². The monoisotopic (exact) mass is 410 g/mol. The van der Waals surface area contributed by atoms with Crippen LogP contribution in [0.3, 0.4) is 0 Å². The van der Waals surface area contributed by atoms with Crippen LogP contribution >= 0.6 is 15.9 Å². The summed E-state index contributed by atoms with van der Waals surface area (Å²) in [6, 6.07) is 22.8. The lowest BCUT2D eigenvalue weighted by atomic mass is 10.1. The Morgan fingerprint density at radius 1 is 0.962 bits per heavy atom. The number of rotatable bonds is 6. The largest absolute Gasteiger partial charge is 0.492 e. The number of hydrogen-bond donors (Lipinski definition) is 0. The SMILES string of the molecule is Cc1ccc(OC(=O)c2cc(Br)ccc2OCCc2ccccc2)cc1. The lowest BCUT2D eigenvalue weighted by Gasteiger charge is -2.12. The molecular formula is C22H19BrO3. The Morgan fingerprint density at radius 2 is 1.69 bits per heavy atom. The predicted octanol–water partition coefficient (Wildman–Crippen LogP) is 5.60. The molecule has 0 amide bonds. The van der Waals surface area contributed by atoms with Gasteiger partial charge in [-0.15, -0.1) is 0 Å². The minimum atomic E-state index is -0.440. The molecule has 132 valence electrons. The highest BCUT2D eigenvalue weighted by atomic mass is 79.9. The second kappa shape index (κ2) is 8.68. The number of esters is 1. The van der Waals surface area contributed by atoms with Crippen molar-refractivity contribution in [2.45, 2.75) is 13.3 Å². The molecule has 3 aromatic rings. The molecule has 0 fully saturated rings. The number of halogens is 1. The molecule has 0 unspecified atom stereocenters. The number of benzene rings is 3. The van der Waals surface area contributed by atoms with E-state index in [1.165, 1.54) is 5.56 Å². The van der Waals surface area contributed by atoms with Crippen molar-refractivity contribution in [1.29, 1.82) is 0 Å². The summed E-state index contributed by atoms with van der Waals surface area (Å²) in [6.07, 6.45) is 0.767. The van der Waals surface area contributed by atoms with Crippen LogP contribution in [0.25, 0.3) is 0 Å². The first-order valence-corrected chi connectivity index (χ1v) is 9.16. The molecular weight excluding hydrogens is 392 g/mol. The van der Waals surface area contributed by atoms with Crippen molar-refractivity contribution in [3.8, 4) is 11.5 Å². The molecule has 0 aliphatic rings. The number of aryl methyl sites for hydroxylation is 1. The van der Waals surface area contributed by atoms with Gasteiger partial charge >= 0.3 is 5.97 Å². The molecule has 0 atom stereocenters. The Kier molecular flexibility index (Phi) is 6.08. The van der Waals surface area contributed by atoms with Crippen molar-refractivity contribution < 1.29 is 14.3 Å². The van der Waals surface area contributed by atoms with Crippen LogP contribution in [0, 0.1) is 6.92 Å². The fourth-order valence-corrected chi connectivity index (χ4v) is 2.84. The molecule has 0 bridgehead atoms. The second-order valence-corrected chi connectivity index (χ2v) is 6.84. The Balaban J connectivity index is 1.70. The van der Waals surface area contributed by atoms with E-state index in [0.717, 1.165) is 16.5 Å². The highest BCUT2D eigenvalue weighted by molar-refractivity contribution is 9.10. The zero-order valence-electron chi connectivity index (χ0n) is 14.4. The van der Waals surface area contributed by atoms with Gasteiger partial charge in [-0.05, 0) is 42.8 Å². The van der Waals surface area contributed by atoms with Gasteiger partial charge in [-0.1, -0.05) is 64.0 Å². The van der Waals surface area contributed by atoms with E-state index in [9.17, 15) is 4.79 Å². The average molecular weight is 411 g/mol. The summed E-state index contributed by atoms with van der Waals surface area (Å²) >= 11 is 3.40. The summed E-state index contributed by atoms with van der Waals surface area (Å²) in [5.41, 5.74) is 2.69. The van der Waals surface area contributed by atoms with Gasteiger partial charge in [0, 0.05) is 10.9 Å². The van der Waals surface area contributed by atoms with E-state index >= 15 is 0 Å². The highest BCUT2D eigenvalue weighted by Gasteiger charge is 2.16. The van der Waals surface area contributed by atoms with Gasteiger partial charge in [-0.25, -0.2) is 4.79 Å². The van der Waals surface area contributed by atoms with Gasteiger partial charge in [0.25, 0.3) is 0 Å². The topological polar surface area (TPSA) is 35.5 Å². The fourth-order valence-electron chi connectivity index (χ4n) is 2.48. The maximum absolute atomic E-state index is 12.6. The van der Waals surface area contributed by atoms with Crippen LogP contribution in [0.1, 0.15) is 21.5 Å². The van der Waals surface area contributed by atoms with Crippen LogP contribution < -0.4 is 9.47 Å². The second-order valence-electron chi connectivity index (χ2n) is 5.93. The molecule has 4 heteroatoms. The van der Waals surface area contributed by atoms with Crippen LogP contribution in [0.5, 0.6) is 11.5 Å². The molecule has 26 heavy (non-hydrogen) atoms. The molecule has 0 saturated carbocycles. The number of carbonyl (C=O) groups is 1. The van der Waals surface area contributed by atoms with E-state index in [1.54, 1.807) is 24.3 Å². The van der Waals surface area contributed by atoms with E-state index in [0.29, 0.717) is 23.7 Å². The van der Waals surface area contributed by atoms with Crippen LogP contribution in [0.4, 0.5) is 0 Å². The quantitative estimate of drug-likeness (QED) is 0.391. The summed E-state index contributed by atoms with van der Waals surface area (Å²) in [5.74, 6) is 0.585. The molecule has 0 radical (unpaired) electrons. The minimum absolute atomic E-state index is 0.396. The van der Waals surface area contributed by atoms with Gasteiger partial charge < -0.3 is 9.47 Å². The first-order valence-electron chi connectivity index (χ1n) is 8.37. The summed E-state index contributed by atoms with van der Waals surface area (Å²) in [6.45, 7) is 2.47.